The van der Waals surface area contributed by atoms with Crippen molar-refractivity contribution in [3.05, 3.63) is 65.7 Å². The first-order valence-corrected chi connectivity index (χ1v) is 10.8. The second kappa shape index (κ2) is 21.3. The molecule has 0 aliphatic carbocycles. The number of phenolic OH excluding ortho intramolecular Hbond substituents is 1. The topological polar surface area (TPSA) is 202 Å². The molecular weight excluding hydrogens is 538 g/mol. The molecule has 0 amide bonds. The van der Waals surface area contributed by atoms with Gasteiger partial charge in [-0.2, -0.15) is 0 Å². The number of hydrogen-bond donors (Lipinski definition) is 5. The number of phenols is 1. The van der Waals surface area contributed by atoms with Gasteiger partial charge in [0.1, 0.15) is 17.9 Å². The minimum absolute atomic E-state index is 0. The first-order valence-electron chi connectivity index (χ1n) is 10.8. The molecule has 0 atom stereocenters. The van der Waals surface area contributed by atoms with Gasteiger partial charge in [-0.05, 0) is 17.7 Å². The number of esters is 1. The molecule has 0 unspecified atom stereocenters. The van der Waals surface area contributed by atoms with Crippen LogP contribution >= 0.6 is 0 Å². The molecule has 2 aromatic carbocycles. The van der Waals surface area contributed by atoms with Crippen molar-refractivity contribution in [2.24, 2.45) is 0 Å². The quantitative estimate of drug-likeness (QED) is 0.143. The molecule has 2 rings (SSSR count). The van der Waals surface area contributed by atoms with Crippen LogP contribution in [-0.2, 0) is 30.5 Å². The molecule has 0 fully saturated rings. The van der Waals surface area contributed by atoms with Crippen LogP contribution in [0.15, 0.2) is 54.6 Å². The summed E-state index contributed by atoms with van der Waals surface area (Å²) < 4.78 is 5.10. The van der Waals surface area contributed by atoms with E-state index in [1.807, 2.05) is 30.3 Å². The molecule has 0 aromatic heterocycles. The summed E-state index contributed by atoms with van der Waals surface area (Å²) in [6.45, 7) is -2.05. The standard InChI is InChI=1S/C14H12O3.C10H16N2O8.2Na.2H/c15-13-9-5-4-8-12(13)14(16)17-10-11-6-2-1-3-7-11;13-7(14)3-11(4-8(15)16)1-2-12(5-9(17)18)6-10(19)20;;;;/h1-9,15H,10H2;1-6H2,(H,13,14)(H,15,16)(H,17,18)(H,19,20);;;;. The zero-order valence-electron chi connectivity index (χ0n) is 19.7. The second-order valence-electron chi connectivity index (χ2n) is 7.58. The van der Waals surface area contributed by atoms with E-state index in [4.69, 9.17) is 25.2 Å². The fourth-order valence-electron chi connectivity index (χ4n) is 2.92. The van der Waals surface area contributed by atoms with Crippen molar-refractivity contribution in [1.82, 2.24) is 9.80 Å². The van der Waals surface area contributed by atoms with Crippen molar-refractivity contribution in [1.29, 1.82) is 0 Å². The Hall–Kier alpha value is -2.49. The van der Waals surface area contributed by atoms with Gasteiger partial charge in [0.25, 0.3) is 0 Å². The Kier molecular flexibility index (Phi) is 21.2. The van der Waals surface area contributed by atoms with E-state index in [1.54, 1.807) is 12.1 Å². The van der Waals surface area contributed by atoms with E-state index in [9.17, 15) is 29.1 Å². The van der Waals surface area contributed by atoms with Gasteiger partial charge in [-0.15, -0.1) is 0 Å². The predicted molar refractivity (Wildman–Crippen MR) is 141 cm³/mol. The van der Waals surface area contributed by atoms with Gasteiger partial charge < -0.3 is 30.3 Å². The fourth-order valence-corrected chi connectivity index (χ4v) is 2.92. The normalized spacial score (nSPS) is 9.79. The number of hydrogen-bond acceptors (Lipinski definition) is 9. The average Bonchev–Trinajstić information content (AvgIpc) is 2.81. The monoisotopic (exact) mass is 568 g/mol. The van der Waals surface area contributed by atoms with Gasteiger partial charge >= 0.3 is 89.0 Å². The van der Waals surface area contributed by atoms with Gasteiger partial charge in [0, 0.05) is 13.1 Å². The zero-order chi connectivity index (χ0) is 27.8. The number of benzene rings is 2. The average molecular weight is 568 g/mol. The molecule has 5 N–H and O–H groups in total. The van der Waals surface area contributed by atoms with Crippen molar-refractivity contribution < 1.29 is 54.2 Å². The van der Waals surface area contributed by atoms with Crippen LogP contribution in [0.5, 0.6) is 5.75 Å². The summed E-state index contributed by atoms with van der Waals surface area (Å²) in [6, 6.07) is 15.7. The Morgan fingerprint density at radius 3 is 1.38 bits per heavy atom. The molecule has 39 heavy (non-hydrogen) atoms. The number of ether oxygens (including phenoxy) is 1. The third-order valence-electron chi connectivity index (χ3n) is 4.50. The molecule has 0 heterocycles. The second-order valence-corrected chi connectivity index (χ2v) is 7.58. The molecule has 13 nitrogen and oxygen atoms in total. The van der Waals surface area contributed by atoms with E-state index in [2.05, 4.69) is 0 Å². The molecule has 0 bridgehead atoms. The van der Waals surface area contributed by atoms with E-state index >= 15 is 0 Å². The van der Waals surface area contributed by atoms with Gasteiger partial charge in [0.2, 0.25) is 0 Å². The van der Waals surface area contributed by atoms with Gasteiger partial charge in [-0.25, -0.2) is 4.79 Å². The molecular formula is C24H30N2Na2O11. The number of aliphatic carboxylic acids is 4. The van der Waals surface area contributed by atoms with Gasteiger partial charge in [0.15, 0.2) is 0 Å². The first-order chi connectivity index (χ1) is 17.5. The van der Waals surface area contributed by atoms with Crippen LogP contribution in [0.1, 0.15) is 15.9 Å². The molecule has 0 spiro atoms. The van der Waals surface area contributed by atoms with Crippen LogP contribution in [0.25, 0.3) is 0 Å². The van der Waals surface area contributed by atoms with E-state index in [1.165, 1.54) is 12.1 Å². The van der Waals surface area contributed by atoms with E-state index in [0.717, 1.165) is 15.4 Å². The van der Waals surface area contributed by atoms with Crippen molar-refractivity contribution in [2.75, 3.05) is 39.3 Å². The van der Waals surface area contributed by atoms with Crippen molar-refractivity contribution >= 4 is 89.0 Å². The number of carboxylic acids is 4. The number of rotatable bonds is 14. The Morgan fingerprint density at radius 1 is 0.615 bits per heavy atom. The van der Waals surface area contributed by atoms with E-state index in [-0.39, 0.29) is 90.1 Å². The van der Waals surface area contributed by atoms with Crippen LogP contribution < -0.4 is 0 Å². The van der Waals surface area contributed by atoms with Crippen LogP contribution in [0.4, 0.5) is 0 Å². The molecule has 0 saturated heterocycles. The van der Waals surface area contributed by atoms with Crippen LogP contribution in [0.3, 0.4) is 0 Å². The van der Waals surface area contributed by atoms with Crippen LogP contribution in [0, 0.1) is 0 Å². The zero-order valence-corrected chi connectivity index (χ0v) is 19.7. The molecule has 204 valence electrons. The third-order valence-corrected chi connectivity index (χ3v) is 4.50. The number of carbonyl (C=O) groups excluding carboxylic acids is 1. The molecule has 0 aliphatic heterocycles. The Morgan fingerprint density at radius 2 is 1.00 bits per heavy atom. The summed E-state index contributed by atoms with van der Waals surface area (Å²) in [6.07, 6.45) is 0. The number of para-hydroxylation sites is 1. The van der Waals surface area contributed by atoms with Crippen molar-refractivity contribution in [3.63, 3.8) is 0 Å². The molecule has 0 aliphatic rings. The van der Waals surface area contributed by atoms with Gasteiger partial charge in [-0.1, -0.05) is 42.5 Å². The SMILES string of the molecule is O=C(O)CN(CCN(CC(=O)O)CC(=O)O)CC(=O)O.O=C(OCc1ccccc1)c1ccccc1O.[NaH].[NaH]. The number of carboxylic acid groups (broad SMARTS) is 4. The van der Waals surface area contributed by atoms with Crippen molar-refractivity contribution in [2.45, 2.75) is 6.61 Å². The summed E-state index contributed by atoms with van der Waals surface area (Å²) in [5, 5.41) is 43.9. The summed E-state index contributed by atoms with van der Waals surface area (Å²) in [4.78, 5) is 56.0. The molecule has 15 heteroatoms. The molecule has 2 aromatic rings. The van der Waals surface area contributed by atoms with Crippen molar-refractivity contribution in [3.8, 4) is 5.75 Å². The summed E-state index contributed by atoms with van der Waals surface area (Å²) >= 11 is 0. The Labute approximate surface area is 268 Å². The Bertz CT molecular complexity index is 1000. The van der Waals surface area contributed by atoms with Gasteiger partial charge in [-0.3, -0.25) is 29.0 Å². The van der Waals surface area contributed by atoms with Crippen LogP contribution in [0.2, 0.25) is 0 Å². The molecule has 0 radical (unpaired) electrons. The number of carbonyl (C=O) groups is 5. The van der Waals surface area contributed by atoms with E-state index < -0.39 is 56.0 Å². The molecule has 0 saturated carbocycles. The number of nitrogens with zero attached hydrogens (tertiary/aromatic N) is 2. The first kappa shape index (κ1) is 38.7. The maximum atomic E-state index is 11.7. The summed E-state index contributed by atoms with van der Waals surface area (Å²) in [7, 11) is 0. The third kappa shape index (κ3) is 18.4. The van der Waals surface area contributed by atoms with Crippen LogP contribution in [-0.4, -0.2) is 164 Å². The maximum absolute atomic E-state index is 11.7. The van der Waals surface area contributed by atoms with E-state index in [0.29, 0.717) is 0 Å². The fraction of sp³-hybridized carbons (Fsp3) is 0.292. The predicted octanol–water partition coefficient (Wildman–Crippen LogP) is -0.619. The number of aromatic hydroxyl groups is 1. The Balaban J connectivity index is 0. The van der Waals surface area contributed by atoms with Gasteiger partial charge in [0.05, 0.1) is 26.2 Å². The summed E-state index contributed by atoms with van der Waals surface area (Å²) in [5.74, 6) is -5.50. The minimum atomic E-state index is -1.23. The summed E-state index contributed by atoms with van der Waals surface area (Å²) in [5.41, 5.74) is 1.10.